The van der Waals surface area contributed by atoms with Crippen molar-refractivity contribution in [2.45, 2.75) is 13.8 Å². The SMILES string of the molecule is COc1cc(C)c(-c2cnn(C)c2N)c(C)c1. The summed E-state index contributed by atoms with van der Waals surface area (Å²) in [6.45, 7) is 4.11. The van der Waals surface area contributed by atoms with Crippen molar-refractivity contribution in [1.29, 1.82) is 0 Å². The molecule has 0 bridgehead atoms. The van der Waals surface area contributed by atoms with Crippen LogP contribution < -0.4 is 10.5 Å². The minimum absolute atomic E-state index is 0.682. The molecule has 90 valence electrons. The maximum atomic E-state index is 6.01. The first-order chi connectivity index (χ1) is 8.04. The van der Waals surface area contributed by atoms with Gasteiger partial charge in [-0.1, -0.05) is 0 Å². The predicted octanol–water partition coefficient (Wildman–Crippen LogP) is 2.29. The van der Waals surface area contributed by atoms with Crippen molar-refractivity contribution >= 4 is 5.82 Å². The number of hydrogen-bond acceptors (Lipinski definition) is 3. The summed E-state index contributed by atoms with van der Waals surface area (Å²) in [5, 5.41) is 4.18. The van der Waals surface area contributed by atoms with Crippen molar-refractivity contribution in [3.63, 3.8) is 0 Å². The number of anilines is 1. The molecule has 2 rings (SSSR count). The molecular weight excluding hydrogens is 214 g/mol. The van der Waals surface area contributed by atoms with E-state index >= 15 is 0 Å². The molecule has 4 heteroatoms. The number of aryl methyl sites for hydroxylation is 3. The fourth-order valence-electron chi connectivity index (χ4n) is 2.11. The summed E-state index contributed by atoms with van der Waals surface area (Å²) in [6, 6.07) is 4.02. The van der Waals surface area contributed by atoms with Gasteiger partial charge in [0, 0.05) is 12.6 Å². The van der Waals surface area contributed by atoms with Gasteiger partial charge in [0.15, 0.2) is 0 Å². The lowest BCUT2D eigenvalue weighted by Gasteiger charge is -2.11. The molecule has 1 aromatic heterocycles. The van der Waals surface area contributed by atoms with Crippen LogP contribution in [0.3, 0.4) is 0 Å². The highest BCUT2D eigenvalue weighted by Gasteiger charge is 2.13. The van der Waals surface area contributed by atoms with E-state index in [-0.39, 0.29) is 0 Å². The summed E-state index contributed by atoms with van der Waals surface area (Å²) >= 11 is 0. The third kappa shape index (κ3) is 1.86. The summed E-state index contributed by atoms with van der Waals surface area (Å²) in [4.78, 5) is 0. The Morgan fingerprint density at radius 1 is 1.24 bits per heavy atom. The third-order valence-corrected chi connectivity index (χ3v) is 3.00. The molecule has 0 radical (unpaired) electrons. The zero-order chi connectivity index (χ0) is 12.6. The van der Waals surface area contributed by atoms with E-state index in [0.29, 0.717) is 5.82 Å². The lowest BCUT2D eigenvalue weighted by Crippen LogP contribution is -1.99. The van der Waals surface area contributed by atoms with Crippen LogP contribution >= 0.6 is 0 Å². The summed E-state index contributed by atoms with van der Waals surface area (Å²) in [6.07, 6.45) is 1.80. The van der Waals surface area contributed by atoms with Gasteiger partial charge >= 0.3 is 0 Å². The van der Waals surface area contributed by atoms with Crippen LogP contribution in [0.1, 0.15) is 11.1 Å². The van der Waals surface area contributed by atoms with Gasteiger partial charge in [-0.15, -0.1) is 0 Å². The van der Waals surface area contributed by atoms with E-state index in [1.54, 1.807) is 18.0 Å². The topological polar surface area (TPSA) is 53.1 Å². The molecule has 0 unspecified atom stereocenters. The molecule has 4 nitrogen and oxygen atoms in total. The molecule has 0 saturated carbocycles. The van der Waals surface area contributed by atoms with Crippen LogP contribution in [0.2, 0.25) is 0 Å². The van der Waals surface area contributed by atoms with E-state index in [4.69, 9.17) is 10.5 Å². The van der Waals surface area contributed by atoms with E-state index in [9.17, 15) is 0 Å². The molecule has 0 fully saturated rings. The maximum absolute atomic E-state index is 6.01. The lowest BCUT2D eigenvalue weighted by atomic mass is 9.97. The standard InChI is InChI=1S/C13H17N3O/c1-8-5-10(17-4)6-9(2)12(8)11-7-15-16(3)13(11)14/h5-7H,14H2,1-4H3. The normalized spacial score (nSPS) is 10.6. The zero-order valence-corrected chi connectivity index (χ0v) is 10.6. The predicted molar refractivity (Wildman–Crippen MR) is 69.1 cm³/mol. The van der Waals surface area contributed by atoms with Gasteiger partial charge in [-0.3, -0.25) is 4.68 Å². The largest absolute Gasteiger partial charge is 0.497 e. The number of benzene rings is 1. The fourth-order valence-corrected chi connectivity index (χ4v) is 2.11. The molecular formula is C13H17N3O. The van der Waals surface area contributed by atoms with Crippen molar-refractivity contribution in [3.05, 3.63) is 29.5 Å². The highest BCUT2D eigenvalue weighted by molar-refractivity contribution is 5.79. The average Bonchev–Trinajstić information content (AvgIpc) is 2.60. The number of methoxy groups -OCH3 is 1. The Labute approximate surface area is 101 Å². The van der Waals surface area contributed by atoms with Crippen molar-refractivity contribution in [2.24, 2.45) is 7.05 Å². The Kier molecular flexibility index (Phi) is 2.79. The molecule has 0 amide bonds. The second-order valence-corrected chi connectivity index (χ2v) is 4.20. The molecule has 17 heavy (non-hydrogen) atoms. The van der Waals surface area contributed by atoms with E-state index < -0.39 is 0 Å². The Morgan fingerprint density at radius 3 is 2.24 bits per heavy atom. The van der Waals surface area contributed by atoms with Crippen LogP contribution in [0, 0.1) is 13.8 Å². The number of hydrogen-bond donors (Lipinski definition) is 1. The van der Waals surface area contributed by atoms with E-state index in [1.165, 1.54) is 0 Å². The molecule has 0 aliphatic carbocycles. The van der Waals surface area contributed by atoms with Gasteiger partial charge in [-0.05, 0) is 42.7 Å². The highest BCUT2D eigenvalue weighted by Crippen LogP contribution is 2.33. The maximum Gasteiger partial charge on any atom is 0.129 e. The van der Waals surface area contributed by atoms with Crippen LogP contribution in [0.15, 0.2) is 18.3 Å². The second kappa shape index (κ2) is 4.13. The van der Waals surface area contributed by atoms with Gasteiger partial charge in [0.2, 0.25) is 0 Å². The summed E-state index contributed by atoms with van der Waals surface area (Å²) in [7, 11) is 3.51. The zero-order valence-electron chi connectivity index (χ0n) is 10.6. The van der Waals surface area contributed by atoms with Crippen molar-refractivity contribution in [2.75, 3.05) is 12.8 Å². The van der Waals surface area contributed by atoms with Crippen LogP contribution in [-0.2, 0) is 7.05 Å². The number of nitrogens with two attached hydrogens (primary N) is 1. The molecule has 0 aliphatic rings. The Morgan fingerprint density at radius 2 is 1.82 bits per heavy atom. The minimum Gasteiger partial charge on any atom is -0.497 e. The van der Waals surface area contributed by atoms with Gasteiger partial charge in [0.25, 0.3) is 0 Å². The highest BCUT2D eigenvalue weighted by atomic mass is 16.5. The first-order valence-electron chi connectivity index (χ1n) is 5.47. The first-order valence-corrected chi connectivity index (χ1v) is 5.47. The van der Waals surface area contributed by atoms with Crippen LogP contribution in [0.4, 0.5) is 5.82 Å². The van der Waals surface area contributed by atoms with Crippen molar-refractivity contribution < 1.29 is 4.74 Å². The summed E-state index contributed by atoms with van der Waals surface area (Å²) in [5.74, 6) is 1.55. The molecule has 1 heterocycles. The monoisotopic (exact) mass is 231 g/mol. The summed E-state index contributed by atoms with van der Waals surface area (Å²) in [5.41, 5.74) is 10.4. The fraction of sp³-hybridized carbons (Fsp3) is 0.308. The summed E-state index contributed by atoms with van der Waals surface area (Å²) < 4.78 is 6.93. The Bertz CT molecular complexity index is 535. The molecule has 0 aliphatic heterocycles. The van der Waals surface area contributed by atoms with E-state index in [1.807, 2.05) is 19.2 Å². The van der Waals surface area contributed by atoms with Gasteiger partial charge in [0.05, 0.1) is 13.3 Å². The van der Waals surface area contributed by atoms with Gasteiger partial charge in [-0.2, -0.15) is 5.10 Å². The Balaban J connectivity index is 2.64. The number of aromatic nitrogens is 2. The quantitative estimate of drug-likeness (QED) is 0.862. The molecule has 2 aromatic rings. The van der Waals surface area contributed by atoms with Crippen LogP contribution in [0.5, 0.6) is 5.75 Å². The number of nitrogens with zero attached hydrogens (tertiary/aromatic N) is 2. The molecule has 0 atom stereocenters. The molecule has 2 N–H and O–H groups in total. The van der Waals surface area contributed by atoms with Crippen molar-refractivity contribution in [3.8, 4) is 16.9 Å². The molecule has 0 saturated heterocycles. The lowest BCUT2D eigenvalue weighted by molar-refractivity contribution is 0.414. The van der Waals surface area contributed by atoms with Gasteiger partial charge in [0.1, 0.15) is 11.6 Å². The van der Waals surface area contributed by atoms with Gasteiger partial charge < -0.3 is 10.5 Å². The van der Waals surface area contributed by atoms with Crippen LogP contribution in [-0.4, -0.2) is 16.9 Å². The average molecular weight is 231 g/mol. The van der Waals surface area contributed by atoms with E-state index in [0.717, 1.165) is 28.0 Å². The first kappa shape index (κ1) is 11.5. The number of nitrogen functional groups attached to an aromatic ring is 1. The van der Waals surface area contributed by atoms with E-state index in [2.05, 4.69) is 18.9 Å². The van der Waals surface area contributed by atoms with Crippen molar-refractivity contribution in [1.82, 2.24) is 9.78 Å². The van der Waals surface area contributed by atoms with Gasteiger partial charge in [-0.25, -0.2) is 0 Å². The number of rotatable bonds is 2. The Hall–Kier alpha value is -1.97. The molecule has 0 spiro atoms. The molecule has 1 aromatic carbocycles. The minimum atomic E-state index is 0.682. The number of ether oxygens (including phenoxy) is 1. The van der Waals surface area contributed by atoms with Crippen LogP contribution in [0.25, 0.3) is 11.1 Å². The third-order valence-electron chi connectivity index (χ3n) is 3.00. The second-order valence-electron chi connectivity index (χ2n) is 4.20. The smallest absolute Gasteiger partial charge is 0.129 e.